The Bertz CT molecular complexity index is 797. The molecule has 9 heteroatoms. The van der Waals surface area contributed by atoms with Crippen molar-refractivity contribution in [2.24, 2.45) is 5.92 Å². The van der Waals surface area contributed by atoms with Crippen molar-refractivity contribution in [3.05, 3.63) is 24.3 Å². The van der Waals surface area contributed by atoms with Crippen LogP contribution in [0, 0.1) is 5.92 Å². The van der Waals surface area contributed by atoms with Gasteiger partial charge in [0.05, 0.1) is 18.1 Å². The van der Waals surface area contributed by atoms with Crippen molar-refractivity contribution in [1.29, 1.82) is 0 Å². The molecule has 1 amide bonds. The molecule has 2 fully saturated rings. The molecule has 160 valence electrons. The van der Waals surface area contributed by atoms with Gasteiger partial charge in [-0.05, 0) is 36.6 Å². The number of ether oxygens (including phenoxy) is 2. The van der Waals surface area contributed by atoms with Crippen molar-refractivity contribution < 1.29 is 27.5 Å². The molecule has 1 saturated heterocycles. The maximum absolute atomic E-state index is 12.6. The lowest BCUT2D eigenvalue weighted by molar-refractivity contribution is -0.147. The molecule has 1 heterocycles. The average molecular weight is 425 g/mol. The van der Waals surface area contributed by atoms with Crippen LogP contribution in [0.2, 0.25) is 0 Å². The van der Waals surface area contributed by atoms with E-state index < -0.39 is 15.9 Å². The Labute approximate surface area is 171 Å². The summed E-state index contributed by atoms with van der Waals surface area (Å²) >= 11 is 0. The molecule has 8 nitrogen and oxygen atoms in total. The molecular weight excluding hydrogens is 396 g/mol. The number of rotatable bonds is 8. The molecule has 1 aromatic carbocycles. The molecule has 3 rings (SSSR count). The van der Waals surface area contributed by atoms with Crippen LogP contribution < -0.4 is 5.32 Å². The number of esters is 1. The summed E-state index contributed by atoms with van der Waals surface area (Å²) < 4.78 is 36.8. The van der Waals surface area contributed by atoms with Crippen LogP contribution >= 0.6 is 0 Å². The lowest BCUT2D eigenvalue weighted by Gasteiger charge is -2.26. The van der Waals surface area contributed by atoms with Gasteiger partial charge < -0.3 is 14.8 Å². The molecule has 0 bridgehead atoms. The molecule has 1 aromatic rings. The highest BCUT2D eigenvalue weighted by molar-refractivity contribution is 7.89. The van der Waals surface area contributed by atoms with Gasteiger partial charge >= 0.3 is 5.97 Å². The number of sulfonamides is 1. The first-order valence-electron chi connectivity index (χ1n) is 10.1. The molecule has 29 heavy (non-hydrogen) atoms. The van der Waals surface area contributed by atoms with Crippen molar-refractivity contribution in [1.82, 2.24) is 4.31 Å². The van der Waals surface area contributed by atoms with E-state index in [0.29, 0.717) is 44.3 Å². The molecule has 1 N–H and O–H groups in total. The minimum absolute atomic E-state index is 0.163. The maximum atomic E-state index is 12.6. The Kier molecular flexibility index (Phi) is 7.63. The van der Waals surface area contributed by atoms with Crippen LogP contribution in [0.1, 0.15) is 38.5 Å². The molecule has 0 spiro atoms. The summed E-state index contributed by atoms with van der Waals surface area (Å²) in [5.41, 5.74) is 0.443. The van der Waals surface area contributed by atoms with E-state index >= 15 is 0 Å². The Morgan fingerprint density at radius 2 is 1.76 bits per heavy atom. The quantitative estimate of drug-likeness (QED) is 0.642. The molecular formula is C20H28N2O6S. The molecule has 1 aliphatic heterocycles. The molecule has 0 radical (unpaired) electrons. The van der Waals surface area contributed by atoms with Crippen LogP contribution in [0.3, 0.4) is 0 Å². The number of anilines is 1. The number of carbonyl (C=O) groups excluding carboxylic acids is 2. The Balaban J connectivity index is 1.43. The van der Waals surface area contributed by atoms with E-state index in [0.717, 1.165) is 6.42 Å². The second kappa shape index (κ2) is 10.2. The fourth-order valence-corrected chi connectivity index (χ4v) is 5.09. The van der Waals surface area contributed by atoms with Crippen molar-refractivity contribution in [3.63, 3.8) is 0 Å². The Hall–Kier alpha value is -1.97. The summed E-state index contributed by atoms with van der Waals surface area (Å²) in [6.07, 6.45) is 5.96. The number of benzene rings is 1. The van der Waals surface area contributed by atoms with E-state index in [-0.39, 0.29) is 17.5 Å². The number of amides is 1. The van der Waals surface area contributed by atoms with Crippen LogP contribution in [-0.4, -0.2) is 57.5 Å². The Morgan fingerprint density at radius 1 is 1.10 bits per heavy atom. The normalized spacial score (nSPS) is 18.5. The zero-order valence-electron chi connectivity index (χ0n) is 16.5. The fraction of sp³-hybridized carbons (Fsp3) is 0.600. The van der Waals surface area contributed by atoms with E-state index in [4.69, 9.17) is 9.47 Å². The summed E-state index contributed by atoms with van der Waals surface area (Å²) in [7, 11) is -3.57. The second-order valence-electron chi connectivity index (χ2n) is 7.44. The monoisotopic (exact) mass is 424 g/mol. The Morgan fingerprint density at radius 3 is 2.41 bits per heavy atom. The summed E-state index contributed by atoms with van der Waals surface area (Å²) in [5.74, 6) is -0.217. The predicted molar refractivity (Wildman–Crippen MR) is 107 cm³/mol. The van der Waals surface area contributed by atoms with Crippen LogP contribution in [-0.2, 0) is 29.1 Å². The summed E-state index contributed by atoms with van der Waals surface area (Å²) in [5, 5.41) is 2.61. The van der Waals surface area contributed by atoms with Crippen molar-refractivity contribution in [2.45, 2.75) is 43.4 Å². The lowest BCUT2D eigenvalue weighted by atomic mass is 10.0. The third-order valence-corrected chi connectivity index (χ3v) is 7.25. The second-order valence-corrected chi connectivity index (χ2v) is 9.38. The molecule has 0 atom stereocenters. The smallest absolute Gasteiger partial charge is 0.306 e. The molecule has 2 aliphatic rings. The van der Waals surface area contributed by atoms with Crippen LogP contribution in [0.5, 0.6) is 0 Å². The first kappa shape index (κ1) is 21.7. The van der Waals surface area contributed by atoms with Gasteiger partial charge in [-0.2, -0.15) is 4.31 Å². The van der Waals surface area contributed by atoms with Crippen LogP contribution in [0.25, 0.3) is 0 Å². The highest BCUT2D eigenvalue weighted by Gasteiger charge is 2.26. The third kappa shape index (κ3) is 6.25. The van der Waals surface area contributed by atoms with Crippen molar-refractivity contribution >= 4 is 27.6 Å². The fourth-order valence-electron chi connectivity index (χ4n) is 3.68. The van der Waals surface area contributed by atoms with E-state index in [2.05, 4.69) is 5.32 Å². The SMILES string of the molecule is O=C(COC(=O)CCC1CCCC1)Nc1ccc(S(=O)(=O)N2CCOCC2)cc1. The first-order chi connectivity index (χ1) is 13.9. The van der Waals surface area contributed by atoms with Gasteiger partial charge in [0, 0.05) is 25.2 Å². The van der Waals surface area contributed by atoms with E-state index in [1.165, 1.54) is 54.3 Å². The lowest BCUT2D eigenvalue weighted by Crippen LogP contribution is -2.40. The maximum Gasteiger partial charge on any atom is 0.306 e. The molecule has 1 saturated carbocycles. The van der Waals surface area contributed by atoms with Gasteiger partial charge in [0.1, 0.15) is 0 Å². The predicted octanol–water partition coefficient (Wildman–Crippen LogP) is 2.16. The summed E-state index contributed by atoms with van der Waals surface area (Å²) in [4.78, 5) is 23.9. The minimum Gasteiger partial charge on any atom is -0.456 e. The highest BCUT2D eigenvalue weighted by Crippen LogP contribution is 2.28. The van der Waals surface area contributed by atoms with Gasteiger partial charge in [-0.3, -0.25) is 9.59 Å². The largest absolute Gasteiger partial charge is 0.456 e. The average Bonchev–Trinajstić information content (AvgIpc) is 3.25. The molecule has 0 aromatic heterocycles. The number of nitrogens with one attached hydrogen (secondary N) is 1. The third-order valence-electron chi connectivity index (χ3n) is 5.34. The number of hydrogen-bond acceptors (Lipinski definition) is 6. The number of morpholine rings is 1. The van der Waals surface area contributed by atoms with Gasteiger partial charge in [0.25, 0.3) is 5.91 Å². The topological polar surface area (TPSA) is 102 Å². The molecule has 0 unspecified atom stereocenters. The van der Waals surface area contributed by atoms with Crippen LogP contribution in [0.4, 0.5) is 5.69 Å². The summed E-state index contributed by atoms with van der Waals surface area (Å²) in [6, 6.07) is 5.95. The van der Waals surface area contributed by atoms with Gasteiger partial charge in [-0.15, -0.1) is 0 Å². The molecule has 1 aliphatic carbocycles. The van der Waals surface area contributed by atoms with Gasteiger partial charge in [0.15, 0.2) is 6.61 Å². The summed E-state index contributed by atoms with van der Waals surface area (Å²) in [6.45, 7) is 1.07. The highest BCUT2D eigenvalue weighted by atomic mass is 32.2. The van der Waals surface area contributed by atoms with Crippen molar-refractivity contribution in [2.75, 3.05) is 38.2 Å². The van der Waals surface area contributed by atoms with Gasteiger partial charge in [-0.25, -0.2) is 8.42 Å². The van der Waals surface area contributed by atoms with Crippen molar-refractivity contribution in [3.8, 4) is 0 Å². The van der Waals surface area contributed by atoms with E-state index in [9.17, 15) is 18.0 Å². The van der Waals surface area contributed by atoms with E-state index in [1.807, 2.05) is 0 Å². The zero-order valence-corrected chi connectivity index (χ0v) is 17.3. The minimum atomic E-state index is -3.57. The number of nitrogens with zero attached hydrogens (tertiary/aromatic N) is 1. The standard InChI is InChI=1S/C20H28N2O6S/c23-19(15-28-20(24)10-5-16-3-1-2-4-16)21-17-6-8-18(9-7-17)29(25,26)22-11-13-27-14-12-22/h6-9,16H,1-5,10-15H2,(H,21,23). The number of carbonyl (C=O) groups is 2. The van der Waals surface area contributed by atoms with Crippen LogP contribution in [0.15, 0.2) is 29.2 Å². The zero-order chi connectivity index (χ0) is 20.7. The van der Waals surface area contributed by atoms with E-state index in [1.54, 1.807) is 0 Å². The first-order valence-corrected chi connectivity index (χ1v) is 11.5. The van der Waals surface area contributed by atoms with Gasteiger partial charge in [-0.1, -0.05) is 25.7 Å². The number of hydrogen-bond donors (Lipinski definition) is 1. The van der Waals surface area contributed by atoms with Gasteiger partial charge in [0.2, 0.25) is 10.0 Å².